The van der Waals surface area contributed by atoms with E-state index in [9.17, 15) is 0 Å². The molecule has 0 aliphatic rings. The topological polar surface area (TPSA) is 36.3 Å². The van der Waals surface area contributed by atoms with Gasteiger partial charge >= 0.3 is 0 Å². The Balaban J connectivity index is 2.24. The molecular formula is C18H21N2O2P. The van der Waals surface area contributed by atoms with E-state index in [-0.39, 0.29) is 0 Å². The van der Waals surface area contributed by atoms with E-state index >= 15 is 0 Å². The minimum atomic E-state index is -1.18. The lowest BCUT2D eigenvalue weighted by molar-refractivity contribution is 0.276. The molecule has 0 aliphatic heterocycles. The van der Waals surface area contributed by atoms with Crippen LogP contribution in [0.2, 0.25) is 0 Å². The maximum absolute atomic E-state index is 5.92. The fourth-order valence-electron chi connectivity index (χ4n) is 2.56. The first-order valence-corrected chi connectivity index (χ1v) is 9.03. The Kier molecular flexibility index (Phi) is 5.06. The molecule has 0 aliphatic carbocycles. The molecule has 0 atom stereocenters. The van der Waals surface area contributed by atoms with Gasteiger partial charge in [0.15, 0.2) is 0 Å². The number of aromatic nitrogens is 2. The number of para-hydroxylation sites is 1. The predicted molar refractivity (Wildman–Crippen MR) is 95.6 cm³/mol. The first kappa shape index (κ1) is 16.1. The third-order valence-corrected chi connectivity index (χ3v) is 5.32. The molecule has 1 aromatic heterocycles. The molecule has 0 bridgehead atoms. The van der Waals surface area contributed by atoms with Crippen molar-refractivity contribution in [3.8, 4) is 5.69 Å². The highest BCUT2D eigenvalue weighted by Crippen LogP contribution is 2.40. The molecule has 3 rings (SSSR count). The summed E-state index contributed by atoms with van der Waals surface area (Å²) < 4.78 is 13.8. The van der Waals surface area contributed by atoms with Crippen molar-refractivity contribution in [3.05, 3.63) is 54.1 Å². The predicted octanol–water partition coefficient (Wildman–Crippen LogP) is 4.34. The highest BCUT2D eigenvalue weighted by atomic mass is 31.2. The van der Waals surface area contributed by atoms with Gasteiger partial charge in [0.05, 0.1) is 24.4 Å². The van der Waals surface area contributed by atoms with Gasteiger partial charge in [0.2, 0.25) is 8.38 Å². The lowest BCUT2D eigenvalue weighted by Crippen LogP contribution is -2.18. The molecule has 4 nitrogen and oxygen atoms in total. The third-order valence-electron chi connectivity index (χ3n) is 3.56. The van der Waals surface area contributed by atoms with Crippen molar-refractivity contribution in [1.29, 1.82) is 0 Å². The van der Waals surface area contributed by atoms with Crippen LogP contribution in [0.25, 0.3) is 16.6 Å². The average Bonchev–Trinajstić information content (AvgIpc) is 2.94. The van der Waals surface area contributed by atoms with Gasteiger partial charge in [0, 0.05) is 5.39 Å². The molecule has 120 valence electrons. The van der Waals surface area contributed by atoms with Gasteiger partial charge in [-0.25, -0.2) is 4.68 Å². The molecule has 0 fully saturated rings. The Hall–Kier alpha value is -1.74. The summed E-state index contributed by atoms with van der Waals surface area (Å²) in [5, 5.41) is 5.89. The summed E-state index contributed by atoms with van der Waals surface area (Å²) in [6.45, 7) is 7.29. The number of aryl methyl sites for hydroxylation is 1. The van der Waals surface area contributed by atoms with E-state index in [1.807, 2.05) is 48.9 Å². The van der Waals surface area contributed by atoms with Crippen LogP contribution in [0.1, 0.15) is 19.4 Å². The molecule has 5 heteroatoms. The molecule has 0 saturated heterocycles. The second kappa shape index (κ2) is 7.22. The number of nitrogens with zero attached hydrogens (tertiary/aromatic N) is 2. The molecule has 0 N–H and O–H groups in total. The smallest absolute Gasteiger partial charge is 0.225 e. The van der Waals surface area contributed by atoms with Crippen LogP contribution in [-0.4, -0.2) is 23.0 Å². The van der Waals surface area contributed by atoms with E-state index in [2.05, 4.69) is 25.1 Å². The van der Waals surface area contributed by atoms with Gasteiger partial charge in [-0.15, -0.1) is 0 Å². The molecule has 0 unspecified atom stereocenters. The number of fused-ring (bicyclic) bond motifs is 1. The SMILES string of the molecule is CCOP(OCC)c1c2ccccc2nn1-c1ccccc1C. The van der Waals surface area contributed by atoms with Crippen LogP contribution < -0.4 is 5.44 Å². The second-order valence-corrected chi connectivity index (χ2v) is 6.59. The molecule has 1 heterocycles. The molecule has 2 aromatic carbocycles. The van der Waals surface area contributed by atoms with Gasteiger partial charge in [0.1, 0.15) is 5.44 Å². The van der Waals surface area contributed by atoms with E-state index < -0.39 is 8.38 Å². The summed E-state index contributed by atoms with van der Waals surface area (Å²) in [6.07, 6.45) is 0. The average molecular weight is 328 g/mol. The Labute approximate surface area is 138 Å². The lowest BCUT2D eigenvalue weighted by Gasteiger charge is -2.18. The van der Waals surface area contributed by atoms with Crippen LogP contribution in [0.3, 0.4) is 0 Å². The number of benzene rings is 2. The molecule has 0 radical (unpaired) electrons. The second-order valence-electron chi connectivity index (χ2n) is 5.13. The summed E-state index contributed by atoms with van der Waals surface area (Å²) in [7, 11) is -1.18. The van der Waals surface area contributed by atoms with Crippen molar-refractivity contribution in [3.63, 3.8) is 0 Å². The Morgan fingerprint density at radius 1 is 0.957 bits per heavy atom. The molecule has 3 aromatic rings. The van der Waals surface area contributed by atoms with Crippen molar-refractivity contribution < 1.29 is 9.05 Å². The Morgan fingerprint density at radius 2 is 1.61 bits per heavy atom. The van der Waals surface area contributed by atoms with Gasteiger partial charge in [-0.2, -0.15) is 5.10 Å². The van der Waals surface area contributed by atoms with Crippen molar-refractivity contribution >= 4 is 24.7 Å². The summed E-state index contributed by atoms with van der Waals surface area (Å²) in [5.74, 6) is 0. The lowest BCUT2D eigenvalue weighted by atomic mass is 10.2. The normalized spacial score (nSPS) is 11.5. The van der Waals surface area contributed by atoms with Crippen LogP contribution in [0.15, 0.2) is 48.5 Å². The van der Waals surface area contributed by atoms with Crippen molar-refractivity contribution in [2.45, 2.75) is 20.8 Å². The van der Waals surface area contributed by atoms with E-state index in [0.717, 1.165) is 22.0 Å². The van der Waals surface area contributed by atoms with Crippen LogP contribution in [0.4, 0.5) is 0 Å². The van der Waals surface area contributed by atoms with Crippen LogP contribution in [0, 0.1) is 6.92 Å². The summed E-state index contributed by atoms with van der Waals surface area (Å²) in [4.78, 5) is 0. The van der Waals surface area contributed by atoms with Crippen LogP contribution in [-0.2, 0) is 9.05 Å². The Morgan fingerprint density at radius 3 is 2.30 bits per heavy atom. The fourth-order valence-corrected chi connectivity index (χ4v) is 4.04. The maximum atomic E-state index is 5.92. The van der Waals surface area contributed by atoms with E-state index in [0.29, 0.717) is 13.2 Å². The standard InChI is InChI=1S/C18H21N2O2P/c1-4-21-23(22-5-2)18-15-11-7-8-12-16(15)19-20(18)17-13-9-6-10-14(17)3/h6-13H,4-5H2,1-3H3. The van der Waals surface area contributed by atoms with Crippen LogP contribution >= 0.6 is 8.38 Å². The molecular weight excluding hydrogens is 307 g/mol. The number of rotatable bonds is 6. The van der Waals surface area contributed by atoms with Gasteiger partial charge in [-0.1, -0.05) is 36.4 Å². The Bertz CT molecular complexity index is 795. The molecule has 0 saturated carbocycles. The minimum absolute atomic E-state index is 0.610. The highest BCUT2D eigenvalue weighted by molar-refractivity contribution is 7.56. The summed E-state index contributed by atoms with van der Waals surface area (Å²) in [6, 6.07) is 16.4. The highest BCUT2D eigenvalue weighted by Gasteiger charge is 2.24. The van der Waals surface area contributed by atoms with Gasteiger partial charge in [0.25, 0.3) is 0 Å². The first-order valence-electron chi connectivity index (χ1n) is 7.86. The van der Waals surface area contributed by atoms with E-state index in [1.54, 1.807) is 0 Å². The zero-order valence-corrected chi connectivity index (χ0v) is 14.6. The zero-order valence-electron chi connectivity index (χ0n) is 13.7. The molecule has 0 amide bonds. The monoisotopic (exact) mass is 328 g/mol. The summed E-state index contributed by atoms with van der Waals surface area (Å²) >= 11 is 0. The molecule has 0 spiro atoms. The fraction of sp³-hybridized carbons (Fsp3) is 0.278. The first-order chi connectivity index (χ1) is 11.3. The van der Waals surface area contributed by atoms with Crippen molar-refractivity contribution in [1.82, 2.24) is 9.78 Å². The molecule has 23 heavy (non-hydrogen) atoms. The zero-order chi connectivity index (χ0) is 16.2. The van der Waals surface area contributed by atoms with Gasteiger partial charge < -0.3 is 9.05 Å². The van der Waals surface area contributed by atoms with E-state index in [1.165, 1.54) is 5.56 Å². The number of hydrogen-bond donors (Lipinski definition) is 0. The van der Waals surface area contributed by atoms with E-state index in [4.69, 9.17) is 14.1 Å². The number of hydrogen-bond acceptors (Lipinski definition) is 3. The third kappa shape index (κ3) is 3.16. The summed E-state index contributed by atoms with van der Waals surface area (Å²) in [5.41, 5.74) is 4.20. The minimum Gasteiger partial charge on any atom is -0.330 e. The maximum Gasteiger partial charge on any atom is 0.225 e. The van der Waals surface area contributed by atoms with Gasteiger partial charge in [-0.05, 0) is 38.5 Å². The van der Waals surface area contributed by atoms with Gasteiger partial charge in [-0.3, -0.25) is 0 Å². The quantitative estimate of drug-likeness (QED) is 0.631. The van der Waals surface area contributed by atoms with Crippen LogP contribution in [0.5, 0.6) is 0 Å². The van der Waals surface area contributed by atoms with Crippen molar-refractivity contribution in [2.24, 2.45) is 0 Å². The largest absolute Gasteiger partial charge is 0.330 e. The van der Waals surface area contributed by atoms with Crippen molar-refractivity contribution in [2.75, 3.05) is 13.2 Å².